The highest BCUT2D eigenvalue weighted by Gasteiger charge is 2.43. The van der Waals surface area contributed by atoms with Crippen molar-refractivity contribution < 1.29 is 42.4 Å². The van der Waals surface area contributed by atoms with Crippen LogP contribution in [0.1, 0.15) is 108 Å². The number of methoxy groups -OCH3 is 4. The summed E-state index contributed by atoms with van der Waals surface area (Å²) in [7, 11) is 6.59. The van der Waals surface area contributed by atoms with Crippen molar-refractivity contribution in [3.8, 4) is 23.0 Å². The van der Waals surface area contributed by atoms with Gasteiger partial charge < -0.3 is 34.5 Å². The van der Waals surface area contributed by atoms with Gasteiger partial charge in [0.2, 0.25) is 0 Å². The van der Waals surface area contributed by atoms with E-state index < -0.39 is 6.09 Å². The van der Waals surface area contributed by atoms with Crippen LogP contribution < -0.4 is 24.7 Å². The summed E-state index contributed by atoms with van der Waals surface area (Å²) in [5.74, 6) is 3.27. The topological polar surface area (TPSA) is 116 Å². The smallest absolute Gasteiger partial charge is 0.404 e. The molecule has 1 amide bonds. The summed E-state index contributed by atoms with van der Waals surface area (Å²) in [6.07, 6.45) is 4.60. The van der Waals surface area contributed by atoms with Crippen molar-refractivity contribution in [3.63, 3.8) is 0 Å². The summed E-state index contributed by atoms with van der Waals surface area (Å²) in [4.78, 5) is 16.5. The van der Waals surface area contributed by atoms with Crippen molar-refractivity contribution in [3.05, 3.63) is 46.5 Å². The maximum absolute atomic E-state index is 13.0. The highest BCUT2D eigenvalue weighted by Crippen LogP contribution is 2.47. The number of primary amides is 1. The van der Waals surface area contributed by atoms with Crippen molar-refractivity contribution in [2.75, 3.05) is 68.0 Å². The van der Waals surface area contributed by atoms with Gasteiger partial charge in [-0.15, -0.1) is 0 Å². The number of hydrogen-bond donors (Lipinski definition) is 2. The van der Waals surface area contributed by atoms with E-state index in [1.807, 2.05) is 12.1 Å². The molecule has 10 nitrogen and oxygen atoms in total. The number of ether oxygens (including phenoxy) is 5. The van der Waals surface area contributed by atoms with Gasteiger partial charge in [-0.3, -0.25) is 18.6 Å². The molecule has 12 heteroatoms. The lowest BCUT2D eigenvalue weighted by Crippen LogP contribution is -2.50. The number of aliphatic hydroxyl groups excluding tert-OH is 1. The maximum Gasteiger partial charge on any atom is 0.404 e. The number of nitrogens with zero attached hydrogens (tertiary/aromatic N) is 2. The molecule has 2 aromatic carbocycles. The van der Waals surface area contributed by atoms with E-state index in [2.05, 4.69) is 49.6 Å². The van der Waals surface area contributed by atoms with Crippen molar-refractivity contribution in [2.45, 2.75) is 111 Å². The number of halogens is 2. The second-order valence-electron chi connectivity index (χ2n) is 17.5. The summed E-state index contributed by atoms with van der Waals surface area (Å²) >= 11 is 0. The predicted molar refractivity (Wildman–Crippen MR) is 217 cm³/mol. The lowest BCUT2D eigenvalue weighted by atomic mass is 9.74. The summed E-state index contributed by atoms with van der Waals surface area (Å²) in [5.41, 5.74) is 10.1. The van der Waals surface area contributed by atoms with E-state index >= 15 is 0 Å². The summed E-state index contributed by atoms with van der Waals surface area (Å²) in [5, 5.41) is 10.8. The number of carbonyl (C=O) groups is 1. The molecule has 0 spiro atoms. The van der Waals surface area contributed by atoms with E-state index in [-0.39, 0.29) is 67.7 Å². The Labute approximate surface area is 334 Å². The quantitative estimate of drug-likeness (QED) is 0.207. The van der Waals surface area contributed by atoms with Crippen LogP contribution in [0.25, 0.3) is 0 Å². The second-order valence-corrected chi connectivity index (χ2v) is 17.5. The van der Waals surface area contributed by atoms with Crippen LogP contribution in [0.3, 0.4) is 0 Å². The van der Waals surface area contributed by atoms with Gasteiger partial charge in [0.15, 0.2) is 23.0 Å². The fourth-order valence-corrected chi connectivity index (χ4v) is 9.65. The third-order valence-corrected chi connectivity index (χ3v) is 12.6. The fourth-order valence-electron chi connectivity index (χ4n) is 9.65. The molecule has 56 heavy (non-hydrogen) atoms. The van der Waals surface area contributed by atoms with Gasteiger partial charge in [-0.25, -0.2) is 4.79 Å². The average molecular weight is 790 g/mol. The lowest BCUT2D eigenvalue weighted by molar-refractivity contribution is -0.0351. The number of fused-ring (bicyclic) bond motifs is 6. The highest BCUT2D eigenvalue weighted by molar-refractivity contribution is 5.65. The molecule has 0 unspecified atom stereocenters. The maximum atomic E-state index is 13.0. The number of hydrogen-bond acceptors (Lipinski definition) is 9. The second kappa shape index (κ2) is 19.4. The van der Waals surface area contributed by atoms with Gasteiger partial charge in [-0.05, 0) is 108 Å². The fraction of sp³-hybridized carbons (Fsp3) is 0.705. The van der Waals surface area contributed by atoms with Crippen LogP contribution in [0.2, 0.25) is 0 Å². The van der Waals surface area contributed by atoms with Gasteiger partial charge in [0.25, 0.3) is 0 Å². The Morgan fingerprint density at radius 2 is 1.14 bits per heavy atom. The first-order valence-corrected chi connectivity index (χ1v) is 19.9. The number of amides is 1. The van der Waals surface area contributed by atoms with Gasteiger partial charge in [0.1, 0.15) is 6.10 Å². The number of nitrogens with two attached hydrogens (primary N) is 1. The third kappa shape index (κ3) is 10.6. The van der Waals surface area contributed by atoms with E-state index in [4.69, 9.17) is 29.4 Å². The lowest BCUT2D eigenvalue weighted by Gasteiger charge is -2.48. The number of piperidine rings is 2. The van der Waals surface area contributed by atoms with E-state index in [0.717, 1.165) is 75.5 Å². The molecule has 4 aliphatic heterocycles. The summed E-state index contributed by atoms with van der Waals surface area (Å²) in [6, 6.07) is 8.59. The Kier molecular flexibility index (Phi) is 15.7. The molecule has 0 radical (unpaired) electrons. The minimum absolute atomic E-state index is 0. The van der Waals surface area contributed by atoms with Crippen molar-refractivity contribution in [2.24, 2.45) is 28.4 Å². The average Bonchev–Trinajstić information content (AvgIpc) is 3.14. The number of alkyl halides is 2. The molecule has 0 aliphatic carbocycles. The summed E-state index contributed by atoms with van der Waals surface area (Å²) in [6.45, 7) is 11.3. The Bertz CT molecular complexity index is 1610. The van der Waals surface area contributed by atoms with Gasteiger partial charge in [0, 0.05) is 50.6 Å². The molecular formula is C44H69F2N3O7. The molecule has 4 aliphatic rings. The van der Waals surface area contributed by atoms with Crippen LogP contribution in [-0.2, 0) is 17.6 Å². The normalized spacial score (nSPS) is 24.8. The SMILES string of the molecule is C.COc1cc2c(cc1OC)[C@H]1C[C@@H](O)[C@H](CC(C)(C)CCF)CN1CC2.COc1cc2c(cc1OC)[C@H]1C[C@@H](OC(N)=O)[C@H](CC(C)(C)CCF)CN1CC2. The zero-order chi connectivity index (χ0) is 40.1. The third-order valence-electron chi connectivity index (χ3n) is 12.6. The molecule has 316 valence electrons. The van der Waals surface area contributed by atoms with Crippen LogP contribution in [0.15, 0.2) is 24.3 Å². The van der Waals surface area contributed by atoms with Gasteiger partial charge >= 0.3 is 6.09 Å². The van der Waals surface area contributed by atoms with Gasteiger partial charge in [-0.1, -0.05) is 35.1 Å². The van der Waals surface area contributed by atoms with Gasteiger partial charge in [-0.2, -0.15) is 0 Å². The molecule has 6 atom stereocenters. The molecule has 2 fully saturated rings. The van der Waals surface area contributed by atoms with Crippen LogP contribution in [-0.4, -0.2) is 101 Å². The predicted octanol–water partition coefficient (Wildman–Crippen LogP) is 8.26. The van der Waals surface area contributed by atoms with Crippen molar-refractivity contribution in [1.29, 1.82) is 0 Å². The zero-order valence-corrected chi connectivity index (χ0v) is 34.3. The Hall–Kier alpha value is -3.35. The summed E-state index contributed by atoms with van der Waals surface area (Å²) < 4.78 is 53.2. The molecule has 2 aromatic rings. The van der Waals surface area contributed by atoms with Crippen LogP contribution >= 0.6 is 0 Å². The number of carbonyl (C=O) groups excluding carboxylic acids is 1. The molecule has 6 rings (SSSR count). The number of aliphatic hydroxyl groups is 1. The Morgan fingerprint density at radius 3 is 1.57 bits per heavy atom. The molecular weight excluding hydrogens is 720 g/mol. The number of benzene rings is 2. The van der Waals surface area contributed by atoms with E-state index in [1.54, 1.807) is 28.4 Å². The molecule has 0 aromatic heterocycles. The van der Waals surface area contributed by atoms with Crippen molar-refractivity contribution in [1.82, 2.24) is 9.80 Å². The standard InChI is InChI=1S/C22H33FN2O4.C21H32FNO3.CH4/c1-22(2,6-7-23)12-15-13-25-8-5-14-9-19(27-3)20(28-4)10-16(14)17(25)11-18(15)29-21(24)26;1-21(2,6-7-22)12-15-13-23-8-5-14-9-19(25-3)20(26-4)10-16(14)17(23)11-18(15)24;/h9-10,15,17-18H,5-8,11-13H2,1-4H3,(H2,24,26);9-10,15,17-18,24H,5-8,11-13H2,1-4H3;1H4/t2*15-,17-,18-;/m11./s1. The van der Waals surface area contributed by atoms with E-state index in [0.29, 0.717) is 25.0 Å². The minimum atomic E-state index is -0.750. The largest absolute Gasteiger partial charge is 0.493 e. The van der Waals surface area contributed by atoms with Crippen LogP contribution in [0, 0.1) is 22.7 Å². The van der Waals surface area contributed by atoms with E-state index in [1.165, 1.54) is 22.3 Å². The highest BCUT2D eigenvalue weighted by atomic mass is 19.1. The van der Waals surface area contributed by atoms with Crippen molar-refractivity contribution >= 4 is 6.09 Å². The Balaban J connectivity index is 0.000000246. The molecule has 0 bridgehead atoms. The molecule has 0 saturated carbocycles. The minimum Gasteiger partial charge on any atom is -0.493 e. The molecule has 4 heterocycles. The van der Waals surface area contributed by atoms with E-state index in [9.17, 15) is 18.7 Å². The first-order valence-electron chi connectivity index (χ1n) is 19.9. The Morgan fingerprint density at radius 1 is 0.732 bits per heavy atom. The van der Waals surface area contributed by atoms with Crippen LogP contribution in [0.5, 0.6) is 23.0 Å². The zero-order valence-electron chi connectivity index (χ0n) is 34.3. The molecule has 2 saturated heterocycles. The van der Waals surface area contributed by atoms with Crippen LogP contribution in [0.4, 0.5) is 13.6 Å². The monoisotopic (exact) mass is 790 g/mol. The first-order chi connectivity index (χ1) is 26.2. The van der Waals surface area contributed by atoms with Gasteiger partial charge in [0.05, 0.1) is 47.9 Å². The molecule has 3 N–H and O–H groups in total. The number of rotatable bonds is 13. The first kappa shape index (κ1) is 45.4.